The minimum absolute atomic E-state index is 0.128. The van der Waals surface area contributed by atoms with Crippen LogP contribution in [0.2, 0.25) is 0 Å². The predicted molar refractivity (Wildman–Crippen MR) is 76.6 cm³/mol. The van der Waals surface area contributed by atoms with Gasteiger partial charge in [-0.3, -0.25) is 4.79 Å². The molecule has 1 fully saturated rings. The maximum atomic E-state index is 12.3. The van der Waals surface area contributed by atoms with E-state index in [1.54, 1.807) is 0 Å². The van der Waals surface area contributed by atoms with Crippen LogP contribution in [0.25, 0.3) is 0 Å². The molecule has 4 heteroatoms. The van der Waals surface area contributed by atoms with E-state index >= 15 is 0 Å². The van der Waals surface area contributed by atoms with Crippen molar-refractivity contribution < 1.29 is 9.53 Å². The fourth-order valence-electron chi connectivity index (χ4n) is 2.29. The number of hydrogen-bond acceptors (Lipinski definition) is 3. The van der Waals surface area contributed by atoms with Gasteiger partial charge in [0.25, 0.3) is 0 Å². The summed E-state index contributed by atoms with van der Waals surface area (Å²) in [6.07, 6.45) is 0. The Kier molecular flexibility index (Phi) is 4.43. The van der Waals surface area contributed by atoms with Crippen LogP contribution in [0.5, 0.6) is 5.75 Å². The zero-order valence-corrected chi connectivity index (χ0v) is 11.8. The van der Waals surface area contributed by atoms with Crippen LogP contribution < -0.4 is 15.0 Å². The number of nitrogens with zero attached hydrogens (tertiary/aromatic N) is 1. The summed E-state index contributed by atoms with van der Waals surface area (Å²) in [5.41, 5.74) is 0.941. The third-order valence-corrected chi connectivity index (χ3v) is 3.36. The first-order valence-electron chi connectivity index (χ1n) is 6.89. The molecule has 2 unspecified atom stereocenters. The maximum absolute atomic E-state index is 12.3. The predicted octanol–water partition coefficient (Wildman–Crippen LogP) is 2.05. The third-order valence-electron chi connectivity index (χ3n) is 3.36. The van der Waals surface area contributed by atoms with Crippen molar-refractivity contribution in [3.05, 3.63) is 24.3 Å². The zero-order valence-electron chi connectivity index (χ0n) is 11.8. The van der Waals surface area contributed by atoms with Crippen molar-refractivity contribution in [2.45, 2.75) is 26.8 Å². The van der Waals surface area contributed by atoms with Crippen molar-refractivity contribution >= 4 is 11.6 Å². The Morgan fingerprint density at radius 1 is 1.32 bits per heavy atom. The highest BCUT2D eigenvalue weighted by Gasteiger charge is 2.27. The van der Waals surface area contributed by atoms with Crippen LogP contribution in [-0.2, 0) is 4.79 Å². The summed E-state index contributed by atoms with van der Waals surface area (Å²) in [5.74, 6) is 1.42. The van der Waals surface area contributed by atoms with Gasteiger partial charge in [-0.05, 0) is 44.0 Å². The first-order valence-corrected chi connectivity index (χ1v) is 6.89. The molecule has 1 aromatic carbocycles. The molecule has 1 aliphatic heterocycles. The normalized spacial score (nSPS) is 24.2. The lowest BCUT2D eigenvalue weighted by Gasteiger charge is -2.24. The van der Waals surface area contributed by atoms with Crippen molar-refractivity contribution in [3.63, 3.8) is 0 Å². The Morgan fingerprint density at radius 3 is 2.63 bits per heavy atom. The number of amides is 1. The van der Waals surface area contributed by atoms with Gasteiger partial charge in [0, 0.05) is 18.8 Å². The summed E-state index contributed by atoms with van der Waals surface area (Å²) >= 11 is 0. The smallest absolute Gasteiger partial charge is 0.243 e. The largest absolute Gasteiger partial charge is 0.494 e. The van der Waals surface area contributed by atoms with E-state index < -0.39 is 0 Å². The van der Waals surface area contributed by atoms with Gasteiger partial charge < -0.3 is 15.0 Å². The molecule has 0 spiro atoms. The van der Waals surface area contributed by atoms with Gasteiger partial charge in [-0.1, -0.05) is 6.92 Å². The van der Waals surface area contributed by atoms with Gasteiger partial charge in [-0.2, -0.15) is 0 Å². The van der Waals surface area contributed by atoms with Crippen molar-refractivity contribution in [1.82, 2.24) is 5.32 Å². The standard InChI is InChI=1S/C15H22N2O2/c1-4-19-14-7-5-13(6-8-14)17-10-11(2)9-16-12(3)15(17)18/h5-8,11-12,16H,4,9-10H2,1-3H3. The third kappa shape index (κ3) is 3.26. The molecule has 0 aliphatic carbocycles. The minimum Gasteiger partial charge on any atom is -0.494 e. The molecule has 0 aromatic heterocycles. The van der Waals surface area contributed by atoms with Gasteiger partial charge >= 0.3 is 0 Å². The van der Waals surface area contributed by atoms with E-state index in [9.17, 15) is 4.79 Å². The second-order valence-electron chi connectivity index (χ2n) is 5.11. The van der Waals surface area contributed by atoms with Crippen molar-refractivity contribution in [1.29, 1.82) is 0 Å². The Balaban J connectivity index is 2.19. The van der Waals surface area contributed by atoms with Gasteiger partial charge in [-0.25, -0.2) is 0 Å². The van der Waals surface area contributed by atoms with E-state index in [0.29, 0.717) is 12.5 Å². The Labute approximate surface area is 114 Å². The number of anilines is 1. The van der Waals surface area contributed by atoms with Crippen LogP contribution in [-0.4, -0.2) is 31.6 Å². The second-order valence-corrected chi connectivity index (χ2v) is 5.11. The number of nitrogens with one attached hydrogen (secondary N) is 1. The van der Waals surface area contributed by atoms with Crippen LogP contribution in [0.1, 0.15) is 20.8 Å². The van der Waals surface area contributed by atoms with Gasteiger partial charge in [0.15, 0.2) is 0 Å². The number of hydrogen-bond donors (Lipinski definition) is 1. The number of ether oxygens (including phenoxy) is 1. The van der Waals surface area contributed by atoms with E-state index in [2.05, 4.69) is 12.2 Å². The zero-order chi connectivity index (χ0) is 13.8. The second kappa shape index (κ2) is 6.06. The lowest BCUT2D eigenvalue weighted by molar-refractivity contribution is -0.119. The summed E-state index contributed by atoms with van der Waals surface area (Å²) in [6.45, 7) is 8.31. The Bertz CT molecular complexity index is 430. The minimum atomic E-state index is -0.128. The van der Waals surface area contributed by atoms with Crippen molar-refractivity contribution in [2.75, 3.05) is 24.6 Å². The average molecular weight is 262 g/mol. The number of rotatable bonds is 3. The SMILES string of the molecule is CCOc1ccc(N2CC(C)CNC(C)C2=O)cc1. The van der Waals surface area contributed by atoms with Crippen LogP contribution in [0, 0.1) is 5.92 Å². The lowest BCUT2D eigenvalue weighted by atomic mass is 10.1. The van der Waals surface area contributed by atoms with E-state index in [1.165, 1.54) is 0 Å². The highest BCUT2D eigenvalue weighted by molar-refractivity contribution is 5.97. The lowest BCUT2D eigenvalue weighted by Crippen LogP contribution is -2.41. The Hall–Kier alpha value is -1.55. The number of benzene rings is 1. The molecule has 1 aliphatic rings. The van der Waals surface area contributed by atoms with Gasteiger partial charge in [0.2, 0.25) is 5.91 Å². The highest BCUT2D eigenvalue weighted by atomic mass is 16.5. The maximum Gasteiger partial charge on any atom is 0.243 e. The van der Waals surface area contributed by atoms with Gasteiger partial charge in [0.05, 0.1) is 12.6 Å². The summed E-state index contributed by atoms with van der Waals surface area (Å²) in [7, 11) is 0. The average Bonchev–Trinajstić information content (AvgIpc) is 2.54. The van der Waals surface area contributed by atoms with Crippen LogP contribution >= 0.6 is 0 Å². The summed E-state index contributed by atoms with van der Waals surface area (Å²) in [5, 5.41) is 3.26. The van der Waals surface area contributed by atoms with Crippen LogP contribution in [0.4, 0.5) is 5.69 Å². The summed E-state index contributed by atoms with van der Waals surface area (Å²) in [6, 6.07) is 7.61. The van der Waals surface area contributed by atoms with Crippen LogP contribution in [0.3, 0.4) is 0 Å². The van der Waals surface area contributed by atoms with E-state index in [4.69, 9.17) is 4.74 Å². The number of carbonyl (C=O) groups excluding carboxylic acids is 1. The quantitative estimate of drug-likeness (QED) is 0.906. The molecule has 1 amide bonds. The topological polar surface area (TPSA) is 41.6 Å². The molecule has 104 valence electrons. The molecule has 1 N–H and O–H groups in total. The fourth-order valence-corrected chi connectivity index (χ4v) is 2.29. The van der Waals surface area contributed by atoms with E-state index in [0.717, 1.165) is 24.5 Å². The molecule has 19 heavy (non-hydrogen) atoms. The molecule has 4 nitrogen and oxygen atoms in total. The summed E-state index contributed by atoms with van der Waals surface area (Å²) in [4.78, 5) is 14.2. The van der Waals surface area contributed by atoms with Crippen LogP contribution in [0.15, 0.2) is 24.3 Å². The van der Waals surface area contributed by atoms with E-state index in [-0.39, 0.29) is 11.9 Å². The molecule has 0 bridgehead atoms. The molecule has 0 saturated carbocycles. The Morgan fingerprint density at radius 2 is 2.00 bits per heavy atom. The first kappa shape index (κ1) is 13.9. The molecular formula is C15H22N2O2. The van der Waals surface area contributed by atoms with Crippen molar-refractivity contribution in [2.24, 2.45) is 5.92 Å². The first-order chi connectivity index (χ1) is 9.11. The molecule has 2 atom stereocenters. The fraction of sp³-hybridized carbons (Fsp3) is 0.533. The molecule has 2 rings (SSSR count). The molecule has 0 radical (unpaired) electrons. The number of carbonyl (C=O) groups is 1. The van der Waals surface area contributed by atoms with E-state index in [1.807, 2.05) is 43.0 Å². The molecular weight excluding hydrogens is 240 g/mol. The van der Waals surface area contributed by atoms with Gasteiger partial charge in [-0.15, -0.1) is 0 Å². The summed E-state index contributed by atoms with van der Waals surface area (Å²) < 4.78 is 5.43. The molecule has 1 heterocycles. The molecule has 1 aromatic rings. The van der Waals surface area contributed by atoms with Crippen molar-refractivity contribution in [3.8, 4) is 5.75 Å². The highest BCUT2D eigenvalue weighted by Crippen LogP contribution is 2.22. The monoisotopic (exact) mass is 262 g/mol. The van der Waals surface area contributed by atoms with Gasteiger partial charge in [0.1, 0.15) is 5.75 Å². The molecule has 1 saturated heterocycles.